The van der Waals surface area contributed by atoms with Gasteiger partial charge in [-0.3, -0.25) is 9.88 Å². The highest BCUT2D eigenvalue weighted by Gasteiger charge is 2.05. The highest BCUT2D eigenvalue weighted by atomic mass is 79.9. The van der Waals surface area contributed by atoms with Crippen molar-refractivity contribution in [2.24, 2.45) is 0 Å². The predicted octanol–water partition coefficient (Wildman–Crippen LogP) is 3.45. The average molecular weight is 320 g/mol. The third-order valence-corrected chi connectivity index (χ3v) is 3.43. The zero-order chi connectivity index (χ0) is 13.7. The topological polar surface area (TPSA) is 42.1 Å². The van der Waals surface area contributed by atoms with Crippen molar-refractivity contribution in [2.45, 2.75) is 20.0 Å². The van der Waals surface area contributed by atoms with Crippen molar-refractivity contribution in [3.63, 3.8) is 0 Å². The van der Waals surface area contributed by atoms with Gasteiger partial charge >= 0.3 is 0 Å². The van der Waals surface area contributed by atoms with Crippen LogP contribution in [0, 0.1) is 0 Å². The van der Waals surface area contributed by atoms with E-state index in [9.17, 15) is 0 Å². The fourth-order valence-corrected chi connectivity index (χ4v) is 2.37. The molecule has 100 valence electrons. The van der Waals surface area contributed by atoms with E-state index in [-0.39, 0.29) is 0 Å². The average Bonchev–Trinajstić information content (AvgIpc) is 2.40. The monoisotopic (exact) mass is 319 g/mol. The minimum absolute atomic E-state index is 0.808. The number of nitrogens with two attached hydrogens (primary N) is 1. The van der Waals surface area contributed by atoms with Crippen molar-refractivity contribution in [1.29, 1.82) is 0 Å². The number of hydrogen-bond donors (Lipinski definition) is 1. The Morgan fingerprint density at radius 1 is 1.11 bits per heavy atom. The van der Waals surface area contributed by atoms with Gasteiger partial charge in [-0.25, -0.2) is 0 Å². The van der Waals surface area contributed by atoms with E-state index in [1.807, 2.05) is 18.3 Å². The molecule has 1 heterocycles. The van der Waals surface area contributed by atoms with Gasteiger partial charge in [0.05, 0.1) is 0 Å². The van der Waals surface area contributed by atoms with Gasteiger partial charge in [-0.2, -0.15) is 0 Å². The summed E-state index contributed by atoms with van der Waals surface area (Å²) in [6.45, 7) is 4.98. The first-order chi connectivity index (χ1) is 9.17. The van der Waals surface area contributed by atoms with Crippen LogP contribution in [-0.2, 0) is 13.1 Å². The van der Waals surface area contributed by atoms with Gasteiger partial charge in [0.2, 0.25) is 0 Å². The van der Waals surface area contributed by atoms with Crippen LogP contribution in [0.25, 0.3) is 0 Å². The second-order valence-electron chi connectivity index (χ2n) is 4.56. The molecule has 2 N–H and O–H groups in total. The number of pyridine rings is 1. The molecule has 2 aromatic rings. The van der Waals surface area contributed by atoms with Crippen LogP contribution in [0.1, 0.15) is 18.1 Å². The smallest absolute Gasteiger partial charge is 0.0410 e. The molecule has 1 aromatic carbocycles. The lowest BCUT2D eigenvalue weighted by molar-refractivity contribution is 0.271. The Labute approximate surface area is 122 Å². The van der Waals surface area contributed by atoms with Gasteiger partial charge in [-0.1, -0.05) is 19.1 Å². The number of halogens is 1. The van der Waals surface area contributed by atoms with E-state index in [1.54, 1.807) is 6.20 Å². The molecule has 3 nitrogen and oxygen atoms in total. The van der Waals surface area contributed by atoms with Crippen molar-refractivity contribution >= 4 is 21.6 Å². The second kappa shape index (κ2) is 6.68. The van der Waals surface area contributed by atoms with Gasteiger partial charge in [0.15, 0.2) is 0 Å². The first-order valence-electron chi connectivity index (χ1n) is 6.33. The maximum atomic E-state index is 5.70. The number of nitrogen functional groups attached to an aromatic ring is 1. The summed E-state index contributed by atoms with van der Waals surface area (Å²) in [5.41, 5.74) is 9.00. The molecule has 2 rings (SSSR count). The quantitative estimate of drug-likeness (QED) is 0.858. The van der Waals surface area contributed by atoms with Crippen LogP contribution < -0.4 is 5.73 Å². The van der Waals surface area contributed by atoms with Crippen LogP contribution in [0.5, 0.6) is 0 Å². The third kappa shape index (κ3) is 4.33. The number of hydrogen-bond acceptors (Lipinski definition) is 3. The minimum atomic E-state index is 0.808. The summed E-state index contributed by atoms with van der Waals surface area (Å²) in [5, 5.41) is 0. The zero-order valence-corrected chi connectivity index (χ0v) is 12.6. The fourth-order valence-electron chi connectivity index (χ4n) is 1.96. The molecule has 1 aromatic heterocycles. The molecule has 0 saturated heterocycles. The molecule has 4 heteroatoms. The van der Waals surface area contributed by atoms with E-state index in [0.717, 1.165) is 29.8 Å². The van der Waals surface area contributed by atoms with Gasteiger partial charge in [-0.15, -0.1) is 0 Å². The molecule has 0 unspecified atom stereocenters. The van der Waals surface area contributed by atoms with Gasteiger partial charge in [0.25, 0.3) is 0 Å². The van der Waals surface area contributed by atoms with Gasteiger partial charge in [-0.05, 0) is 51.8 Å². The molecule has 19 heavy (non-hydrogen) atoms. The highest BCUT2D eigenvalue weighted by molar-refractivity contribution is 9.10. The highest BCUT2D eigenvalue weighted by Crippen LogP contribution is 2.14. The summed E-state index contributed by atoms with van der Waals surface area (Å²) in [4.78, 5) is 6.57. The van der Waals surface area contributed by atoms with Crippen LogP contribution in [0.3, 0.4) is 0 Å². The maximum absolute atomic E-state index is 5.70. The van der Waals surface area contributed by atoms with Gasteiger partial charge < -0.3 is 5.73 Å². The van der Waals surface area contributed by atoms with Crippen LogP contribution in [-0.4, -0.2) is 16.4 Å². The van der Waals surface area contributed by atoms with Crippen molar-refractivity contribution in [3.05, 3.63) is 58.3 Å². The number of rotatable bonds is 5. The summed E-state index contributed by atoms with van der Waals surface area (Å²) < 4.78 is 1.02. The zero-order valence-electron chi connectivity index (χ0n) is 11.0. The summed E-state index contributed by atoms with van der Waals surface area (Å²) in [6.07, 6.45) is 3.72. The number of anilines is 1. The minimum Gasteiger partial charge on any atom is -0.399 e. The van der Waals surface area contributed by atoms with E-state index in [0.29, 0.717) is 0 Å². The molecule has 0 aliphatic carbocycles. The molecule has 0 fully saturated rings. The van der Waals surface area contributed by atoms with Crippen molar-refractivity contribution in [2.75, 3.05) is 12.3 Å². The molecule has 0 saturated carbocycles. The van der Waals surface area contributed by atoms with E-state index >= 15 is 0 Å². The Morgan fingerprint density at radius 2 is 1.79 bits per heavy atom. The Balaban J connectivity index is 2.02. The third-order valence-electron chi connectivity index (χ3n) is 3.00. The first-order valence-corrected chi connectivity index (χ1v) is 7.13. The van der Waals surface area contributed by atoms with E-state index in [4.69, 9.17) is 5.73 Å². The Kier molecular flexibility index (Phi) is 4.93. The lowest BCUT2D eigenvalue weighted by Crippen LogP contribution is -2.22. The van der Waals surface area contributed by atoms with Crippen molar-refractivity contribution in [3.8, 4) is 0 Å². The number of nitrogens with zero attached hydrogens (tertiary/aromatic N) is 2. The molecule has 0 aliphatic rings. The molecular weight excluding hydrogens is 302 g/mol. The predicted molar refractivity (Wildman–Crippen MR) is 82.6 cm³/mol. The lowest BCUT2D eigenvalue weighted by atomic mass is 10.2. The van der Waals surface area contributed by atoms with Crippen molar-refractivity contribution < 1.29 is 0 Å². The molecule has 0 spiro atoms. The summed E-state index contributed by atoms with van der Waals surface area (Å²) >= 11 is 3.45. The van der Waals surface area contributed by atoms with E-state index < -0.39 is 0 Å². The normalized spacial score (nSPS) is 10.9. The standard InChI is InChI=1S/C15H18BrN3/c1-2-19(10-12-3-5-15(17)6-4-12)11-13-7-14(16)9-18-8-13/h3-9H,2,10-11,17H2,1H3. The molecule has 0 aliphatic heterocycles. The first kappa shape index (κ1) is 14.0. The van der Waals surface area contributed by atoms with E-state index in [2.05, 4.69) is 50.9 Å². The van der Waals surface area contributed by atoms with Crippen LogP contribution in [0.15, 0.2) is 47.2 Å². The van der Waals surface area contributed by atoms with E-state index in [1.165, 1.54) is 11.1 Å². The van der Waals surface area contributed by atoms with Gasteiger partial charge in [0.1, 0.15) is 0 Å². The van der Waals surface area contributed by atoms with Gasteiger partial charge in [0, 0.05) is 35.6 Å². The summed E-state index contributed by atoms with van der Waals surface area (Å²) in [6, 6.07) is 10.2. The summed E-state index contributed by atoms with van der Waals surface area (Å²) in [7, 11) is 0. The second-order valence-corrected chi connectivity index (χ2v) is 5.47. The number of benzene rings is 1. The van der Waals surface area contributed by atoms with Crippen molar-refractivity contribution in [1.82, 2.24) is 9.88 Å². The molecule has 0 radical (unpaired) electrons. The Morgan fingerprint density at radius 3 is 2.42 bits per heavy atom. The lowest BCUT2D eigenvalue weighted by Gasteiger charge is -2.20. The molecule has 0 atom stereocenters. The molecular formula is C15H18BrN3. The Hall–Kier alpha value is -1.39. The molecule has 0 bridgehead atoms. The largest absolute Gasteiger partial charge is 0.399 e. The number of aromatic nitrogens is 1. The Bertz CT molecular complexity index is 525. The maximum Gasteiger partial charge on any atom is 0.0410 e. The fraction of sp³-hybridized carbons (Fsp3) is 0.267. The van der Waals surface area contributed by atoms with Crippen LogP contribution in [0.2, 0.25) is 0 Å². The molecule has 0 amide bonds. The van der Waals surface area contributed by atoms with Crippen LogP contribution in [0.4, 0.5) is 5.69 Å². The summed E-state index contributed by atoms with van der Waals surface area (Å²) in [5.74, 6) is 0. The van der Waals surface area contributed by atoms with Crippen LogP contribution >= 0.6 is 15.9 Å². The SMILES string of the molecule is CCN(Cc1ccc(N)cc1)Cc1cncc(Br)c1.